The summed E-state index contributed by atoms with van der Waals surface area (Å²) in [6.45, 7) is 6.39. The summed E-state index contributed by atoms with van der Waals surface area (Å²) in [5, 5.41) is 2.83. The summed E-state index contributed by atoms with van der Waals surface area (Å²) in [6.07, 6.45) is 0. The van der Waals surface area contributed by atoms with Gasteiger partial charge in [0.2, 0.25) is 11.7 Å². The highest BCUT2D eigenvalue weighted by Gasteiger charge is 2.31. The number of nitrogens with one attached hydrogen (secondary N) is 1. The van der Waals surface area contributed by atoms with Crippen molar-refractivity contribution >= 4 is 21.8 Å². The number of ether oxygens (including phenoxy) is 3. The number of hydrogen-bond donors (Lipinski definition) is 1. The molecule has 0 atom stereocenters. The molecule has 1 aliphatic rings. The van der Waals surface area contributed by atoms with E-state index in [1.165, 1.54) is 29.9 Å². The SMILES string of the molecule is CCN(CC)S(=O)(=O)N1CCN(CC(=O)Nc2cc(OC)c(OC)c(OC)c2)CC1. The largest absolute Gasteiger partial charge is 0.493 e. The summed E-state index contributed by atoms with van der Waals surface area (Å²) < 4.78 is 44.0. The molecule has 0 radical (unpaired) electrons. The van der Waals surface area contributed by atoms with Crippen molar-refractivity contribution in [2.45, 2.75) is 13.8 Å². The lowest BCUT2D eigenvalue weighted by Crippen LogP contribution is -2.54. The zero-order chi connectivity index (χ0) is 22.3. The maximum atomic E-state index is 12.6. The molecule has 0 aromatic heterocycles. The Hall–Kier alpha value is -2.08. The number of benzene rings is 1. The van der Waals surface area contributed by atoms with Crippen LogP contribution in [0.15, 0.2) is 12.1 Å². The molecule has 0 saturated carbocycles. The van der Waals surface area contributed by atoms with Gasteiger partial charge in [0.15, 0.2) is 11.5 Å². The van der Waals surface area contributed by atoms with Crippen LogP contribution in [0.1, 0.15) is 13.8 Å². The Morgan fingerprint density at radius 2 is 1.53 bits per heavy atom. The molecular formula is C19H32N4O6S. The standard InChI is InChI=1S/C19H32N4O6S/c1-6-22(7-2)30(25,26)23-10-8-21(9-11-23)14-18(24)20-15-12-16(27-3)19(29-5)17(13-15)28-4/h12-13H,6-11,14H2,1-5H3,(H,20,24). The fraction of sp³-hybridized carbons (Fsp3) is 0.632. The molecule has 0 unspecified atom stereocenters. The first kappa shape index (κ1) is 24.2. The van der Waals surface area contributed by atoms with E-state index in [0.29, 0.717) is 62.2 Å². The Kier molecular flexibility index (Phi) is 8.71. The topological polar surface area (TPSA) is 101 Å². The predicted octanol–water partition coefficient (Wildman–Crippen LogP) is 0.855. The van der Waals surface area contributed by atoms with E-state index in [9.17, 15) is 13.2 Å². The Bertz CT molecular complexity index is 795. The highest BCUT2D eigenvalue weighted by atomic mass is 32.2. The van der Waals surface area contributed by atoms with Crippen LogP contribution < -0.4 is 19.5 Å². The van der Waals surface area contributed by atoms with E-state index < -0.39 is 10.2 Å². The Balaban J connectivity index is 1.96. The normalized spacial score (nSPS) is 15.8. The van der Waals surface area contributed by atoms with Crippen molar-refractivity contribution < 1.29 is 27.4 Å². The van der Waals surface area contributed by atoms with Gasteiger partial charge in [-0.15, -0.1) is 0 Å². The van der Waals surface area contributed by atoms with Crippen molar-refractivity contribution in [1.82, 2.24) is 13.5 Å². The summed E-state index contributed by atoms with van der Waals surface area (Å²) in [7, 11) is 1.08. The van der Waals surface area contributed by atoms with Crippen LogP contribution in [0, 0.1) is 0 Å². The van der Waals surface area contributed by atoms with Crippen LogP contribution in [0.25, 0.3) is 0 Å². The predicted molar refractivity (Wildman–Crippen MR) is 115 cm³/mol. The second-order valence-electron chi connectivity index (χ2n) is 6.73. The molecule has 10 nitrogen and oxygen atoms in total. The molecule has 2 rings (SSSR count). The molecule has 1 aromatic carbocycles. The van der Waals surface area contributed by atoms with Crippen molar-refractivity contribution in [3.05, 3.63) is 12.1 Å². The molecule has 1 heterocycles. The smallest absolute Gasteiger partial charge is 0.282 e. The molecule has 1 amide bonds. The highest BCUT2D eigenvalue weighted by Crippen LogP contribution is 2.39. The third-order valence-electron chi connectivity index (χ3n) is 5.00. The summed E-state index contributed by atoms with van der Waals surface area (Å²) in [4.78, 5) is 14.4. The van der Waals surface area contributed by atoms with Crippen LogP contribution in [0.4, 0.5) is 5.69 Å². The number of carbonyl (C=O) groups is 1. The number of carbonyl (C=O) groups excluding carboxylic acids is 1. The van der Waals surface area contributed by atoms with Crippen LogP contribution in [-0.4, -0.2) is 95.0 Å². The Morgan fingerprint density at radius 1 is 1.00 bits per heavy atom. The van der Waals surface area contributed by atoms with Gasteiger partial charge in [0.1, 0.15) is 0 Å². The summed E-state index contributed by atoms with van der Waals surface area (Å²) in [6, 6.07) is 3.32. The zero-order valence-electron chi connectivity index (χ0n) is 18.3. The number of methoxy groups -OCH3 is 3. The Labute approximate surface area is 178 Å². The molecule has 11 heteroatoms. The van der Waals surface area contributed by atoms with Crippen molar-refractivity contribution in [1.29, 1.82) is 0 Å². The first-order chi connectivity index (χ1) is 14.3. The minimum Gasteiger partial charge on any atom is -0.493 e. The van der Waals surface area contributed by atoms with Gasteiger partial charge in [0.05, 0.1) is 27.9 Å². The minimum absolute atomic E-state index is 0.163. The van der Waals surface area contributed by atoms with E-state index in [1.807, 2.05) is 18.7 Å². The number of anilines is 1. The van der Waals surface area contributed by atoms with Crippen LogP contribution in [0.2, 0.25) is 0 Å². The summed E-state index contributed by atoms with van der Waals surface area (Å²) >= 11 is 0. The maximum absolute atomic E-state index is 12.6. The van der Waals surface area contributed by atoms with Crippen LogP contribution in [-0.2, 0) is 15.0 Å². The maximum Gasteiger partial charge on any atom is 0.282 e. The fourth-order valence-corrected chi connectivity index (χ4v) is 4.99. The van der Waals surface area contributed by atoms with Gasteiger partial charge in [-0.3, -0.25) is 9.69 Å². The molecule has 0 spiro atoms. The van der Waals surface area contributed by atoms with E-state index in [2.05, 4.69) is 5.32 Å². The monoisotopic (exact) mass is 444 g/mol. The number of rotatable bonds is 10. The van der Waals surface area contributed by atoms with E-state index in [0.717, 1.165) is 0 Å². The van der Waals surface area contributed by atoms with E-state index >= 15 is 0 Å². The van der Waals surface area contributed by atoms with Gasteiger partial charge in [-0.2, -0.15) is 17.0 Å². The molecule has 170 valence electrons. The van der Waals surface area contributed by atoms with Crippen LogP contribution in [0.3, 0.4) is 0 Å². The molecule has 0 bridgehead atoms. The second-order valence-corrected chi connectivity index (χ2v) is 8.66. The lowest BCUT2D eigenvalue weighted by atomic mass is 10.2. The average molecular weight is 445 g/mol. The van der Waals surface area contributed by atoms with Gasteiger partial charge in [0.25, 0.3) is 10.2 Å². The van der Waals surface area contributed by atoms with Crippen molar-refractivity contribution in [2.75, 3.05) is 72.5 Å². The van der Waals surface area contributed by atoms with E-state index in [-0.39, 0.29) is 12.5 Å². The summed E-state index contributed by atoms with van der Waals surface area (Å²) in [5.41, 5.74) is 0.525. The number of piperazine rings is 1. The quantitative estimate of drug-likeness (QED) is 0.571. The first-order valence-corrected chi connectivity index (χ1v) is 11.3. The minimum atomic E-state index is -3.45. The molecular weight excluding hydrogens is 412 g/mol. The number of nitrogens with zero attached hydrogens (tertiary/aromatic N) is 3. The third-order valence-corrected chi connectivity index (χ3v) is 7.19. The van der Waals surface area contributed by atoms with Crippen LogP contribution >= 0.6 is 0 Å². The van der Waals surface area contributed by atoms with Gasteiger partial charge in [0, 0.05) is 57.1 Å². The van der Waals surface area contributed by atoms with E-state index in [4.69, 9.17) is 14.2 Å². The van der Waals surface area contributed by atoms with Gasteiger partial charge in [-0.1, -0.05) is 13.8 Å². The molecule has 1 fully saturated rings. The molecule has 1 N–H and O–H groups in total. The highest BCUT2D eigenvalue weighted by molar-refractivity contribution is 7.86. The third kappa shape index (κ3) is 5.54. The van der Waals surface area contributed by atoms with Crippen molar-refractivity contribution in [3.8, 4) is 17.2 Å². The number of hydrogen-bond acceptors (Lipinski definition) is 7. The zero-order valence-corrected chi connectivity index (χ0v) is 19.1. The Morgan fingerprint density at radius 3 is 1.97 bits per heavy atom. The lowest BCUT2D eigenvalue weighted by Gasteiger charge is -2.35. The molecule has 1 aliphatic heterocycles. The number of amides is 1. The second kappa shape index (κ2) is 10.8. The first-order valence-electron chi connectivity index (χ1n) is 9.88. The molecule has 1 aromatic rings. The molecule has 0 aliphatic carbocycles. The van der Waals surface area contributed by atoms with Gasteiger partial charge in [-0.05, 0) is 0 Å². The van der Waals surface area contributed by atoms with Crippen molar-refractivity contribution in [3.63, 3.8) is 0 Å². The van der Waals surface area contributed by atoms with Gasteiger partial charge in [-0.25, -0.2) is 0 Å². The molecule has 1 saturated heterocycles. The van der Waals surface area contributed by atoms with E-state index in [1.54, 1.807) is 12.1 Å². The summed E-state index contributed by atoms with van der Waals surface area (Å²) in [5.74, 6) is 1.14. The van der Waals surface area contributed by atoms with Gasteiger partial charge < -0.3 is 19.5 Å². The fourth-order valence-electron chi connectivity index (χ4n) is 3.39. The van der Waals surface area contributed by atoms with Gasteiger partial charge >= 0.3 is 0 Å². The van der Waals surface area contributed by atoms with Crippen molar-refractivity contribution in [2.24, 2.45) is 0 Å². The lowest BCUT2D eigenvalue weighted by molar-refractivity contribution is -0.117. The van der Waals surface area contributed by atoms with Crippen LogP contribution in [0.5, 0.6) is 17.2 Å². The molecule has 30 heavy (non-hydrogen) atoms. The average Bonchev–Trinajstić information content (AvgIpc) is 2.73.